The summed E-state index contributed by atoms with van der Waals surface area (Å²) in [6.07, 6.45) is 4.41. The third kappa shape index (κ3) is 5.46. The molecular weight excluding hydrogens is 308 g/mol. The van der Waals surface area contributed by atoms with Crippen molar-refractivity contribution in [2.24, 2.45) is 5.92 Å². The predicted octanol–water partition coefficient (Wildman–Crippen LogP) is 3.01. The molecule has 2 rings (SSSR count). The molecule has 0 bridgehead atoms. The number of likely N-dealkylation sites (N-methyl/N-ethyl adjacent to an activating group) is 1. The monoisotopic (exact) mass is 338 g/mol. The van der Waals surface area contributed by atoms with Gasteiger partial charge in [-0.1, -0.05) is 13.8 Å². The van der Waals surface area contributed by atoms with Crippen molar-refractivity contribution in [2.45, 2.75) is 45.6 Å². The number of rotatable bonds is 6. The van der Waals surface area contributed by atoms with E-state index in [4.69, 9.17) is 0 Å². The first-order valence-electron chi connectivity index (χ1n) is 8.59. The Bertz CT molecular complexity index is 479. The number of likely N-dealkylation sites (tertiary alicyclic amines) is 1. The van der Waals surface area contributed by atoms with Gasteiger partial charge in [0.15, 0.2) is 0 Å². The fourth-order valence-electron chi connectivity index (χ4n) is 3.17. The van der Waals surface area contributed by atoms with Gasteiger partial charge in [0.05, 0.1) is 5.01 Å². The fraction of sp³-hybridized carbons (Fsp3) is 0.765. The maximum absolute atomic E-state index is 12.3. The van der Waals surface area contributed by atoms with Gasteiger partial charge in [-0.25, -0.2) is 9.78 Å². The summed E-state index contributed by atoms with van der Waals surface area (Å²) in [7, 11) is 1.85. The molecule has 2 heterocycles. The lowest BCUT2D eigenvalue weighted by atomic mass is 9.99. The van der Waals surface area contributed by atoms with Crippen molar-refractivity contribution in [3.05, 3.63) is 16.6 Å². The molecule has 23 heavy (non-hydrogen) atoms. The van der Waals surface area contributed by atoms with Crippen LogP contribution in [0, 0.1) is 5.92 Å². The van der Waals surface area contributed by atoms with Crippen LogP contribution < -0.4 is 5.32 Å². The summed E-state index contributed by atoms with van der Waals surface area (Å²) in [5.41, 5.74) is 0. The van der Waals surface area contributed by atoms with Crippen LogP contribution in [0.4, 0.5) is 4.79 Å². The fourth-order valence-corrected chi connectivity index (χ4v) is 3.86. The van der Waals surface area contributed by atoms with E-state index in [1.54, 1.807) is 16.2 Å². The van der Waals surface area contributed by atoms with Gasteiger partial charge in [0.25, 0.3) is 0 Å². The van der Waals surface area contributed by atoms with Gasteiger partial charge >= 0.3 is 6.03 Å². The number of hydrogen-bond acceptors (Lipinski definition) is 4. The van der Waals surface area contributed by atoms with Gasteiger partial charge < -0.3 is 10.2 Å². The van der Waals surface area contributed by atoms with Crippen LogP contribution in [-0.4, -0.2) is 60.1 Å². The van der Waals surface area contributed by atoms with E-state index in [9.17, 15) is 4.79 Å². The zero-order chi connectivity index (χ0) is 16.8. The minimum atomic E-state index is 0.00492. The van der Waals surface area contributed by atoms with Crippen molar-refractivity contribution in [1.82, 2.24) is 20.1 Å². The topological polar surface area (TPSA) is 48.5 Å². The SMILES string of the molecule is C[C@@H]1CCCN([C@H](C)CNC(=O)N(C)C[C@H](C)c2nccs2)C1. The van der Waals surface area contributed by atoms with Crippen molar-refractivity contribution in [2.75, 3.05) is 33.2 Å². The van der Waals surface area contributed by atoms with E-state index in [1.165, 1.54) is 12.8 Å². The zero-order valence-corrected chi connectivity index (χ0v) is 15.6. The molecular formula is C17H30N4OS. The molecule has 1 saturated heterocycles. The zero-order valence-electron chi connectivity index (χ0n) is 14.8. The molecule has 2 amide bonds. The van der Waals surface area contributed by atoms with Crippen LogP contribution in [-0.2, 0) is 0 Å². The first kappa shape index (κ1) is 18.2. The number of urea groups is 1. The number of nitrogens with zero attached hydrogens (tertiary/aromatic N) is 3. The summed E-state index contributed by atoms with van der Waals surface area (Å²) in [6, 6.07) is 0.400. The normalized spacial score (nSPS) is 21.7. The number of thiazole rings is 1. The summed E-state index contributed by atoms with van der Waals surface area (Å²) in [5.74, 6) is 1.04. The van der Waals surface area contributed by atoms with Crippen LogP contribution in [0.25, 0.3) is 0 Å². The molecule has 1 aliphatic heterocycles. The molecule has 0 aliphatic carbocycles. The summed E-state index contributed by atoms with van der Waals surface area (Å²) in [6.45, 7) is 10.3. The van der Waals surface area contributed by atoms with Crippen LogP contribution in [0.5, 0.6) is 0 Å². The highest BCUT2D eigenvalue weighted by Gasteiger charge is 2.22. The van der Waals surface area contributed by atoms with Crippen molar-refractivity contribution >= 4 is 17.4 Å². The van der Waals surface area contributed by atoms with Crippen LogP contribution in [0.3, 0.4) is 0 Å². The highest BCUT2D eigenvalue weighted by Crippen LogP contribution is 2.19. The van der Waals surface area contributed by atoms with E-state index < -0.39 is 0 Å². The molecule has 0 saturated carbocycles. The smallest absolute Gasteiger partial charge is 0.317 e. The minimum absolute atomic E-state index is 0.00492. The number of amides is 2. The average molecular weight is 339 g/mol. The molecule has 5 nitrogen and oxygen atoms in total. The second-order valence-corrected chi connectivity index (χ2v) is 7.86. The molecule has 1 fully saturated rings. The van der Waals surface area contributed by atoms with Gasteiger partial charge in [0.1, 0.15) is 0 Å². The van der Waals surface area contributed by atoms with E-state index in [0.717, 1.165) is 24.0 Å². The number of nitrogens with one attached hydrogen (secondary N) is 1. The second-order valence-electron chi connectivity index (χ2n) is 6.93. The van der Waals surface area contributed by atoms with Crippen LogP contribution in [0.15, 0.2) is 11.6 Å². The van der Waals surface area contributed by atoms with Gasteiger partial charge in [-0.3, -0.25) is 4.90 Å². The Morgan fingerprint density at radius 2 is 2.35 bits per heavy atom. The molecule has 6 heteroatoms. The van der Waals surface area contributed by atoms with Crippen LogP contribution in [0.1, 0.15) is 44.5 Å². The molecule has 130 valence electrons. The third-order valence-corrected chi connectivity index (χ3v) is 5.63. The third-order valence-electron chi connectivity index (χ3n) is 4.63. The van der Waals surface area contributed by atoms with Crippen molar-refractivity contribution in [1.29, 1.82) is 0 Å². The standard InChI is InChI=1S/C17H30N4OS/c1-13-6-5-8-21(11-13)15(3)10-19-17(22)20(4)12-14(2)16-18-7-9-23-16/h7,9,13-15H,5-6,8,10-12H2,1-4H3,(H,19,22)/t13-,14+,15-/m1/s1. The molecule has 0 unspecified atom stereocenters. The van der Waals surface area contributed by atoms with Crippen molar-refractivity contribution in [3.8, 4) is 0 Å². The first-order valence-corrected chi connectivity index (χ1v) is 9.47. The van der Waals surface area contributed by atoms with E-state index in [1.807, 2.05) is 18.6 Å². The van der Waals surface area contributed by atoms with Gasteiger partial charge in [0.2, 0.25) is 0 Å². The molecule has 0 radical (unpaired) electrons. The molecule has 0 aromatic carbocycles. The number of carbonyl (C=O) groups is 1. The molecule has 1 aromatic rings. The summed E-state index contributed by atoms with van der Waals surface area (Å²) >= 11 is 1.65. The van der Waals surface area contributed by atoms with E-state index in [2.05, 4.69) is 36.0 Å². The predicted molar refractivity (Wildman–Crippen MR) is 96.0 cm³/mol. The van der Waals surface area contributed by atoms with Crippen LogP contribution in [0.2, 0.25) is 0 Å². The first-order chi connectivity index (χ1) is 11.0. The molecule has 1 aromatic heterocycles. The van der Waals surface area contributed by atoms with E-state index in [0.29, 0.717) is 19.1 Å². The van der Waals surface area contributed by atoms with E-state index in [-0.39, 0.29) is 11.9 Å². The largest absolute Gasteiger partial charge is 0.336 e. The summed E-state index contributed by atoms with van der Waals surface area (Å²) < 4.78 is 0. The Morgan fingerprint density at radius 3 is 3.00 bits per heavy atom. The number of hydrogen-bond donors (Lipinski definition) is 1. The lowest BCUT2D eigenvalue weighted by Gasteiger charge is -2.35. The molecule has 3 atom stereocenters. The Balaban J connectivity index is 1.73. The number of carbonyl (C=O) groups excluding carboxylic acids is 1. The van der Waals surface area contributed by atoms with Gasteiger partial charge in [-0.05, 0) is 32.2 Å². The second kappa shape index (κ2) is 8.64. The highest BCUT2D eigenvalue weighted by atomic mass is 32.1. The van der Waals surface area contributed by atoms with Crippen LogP contribution >= 0.6 is 11.3 Å². The maximum Gasteiger partial charge on any atom is 0.317 e. The van der Waals surface area contributed by atoms with Gasteiger partial charge in [0, 0.05) is 50.2 Å². The quantitative estimate of drug-likeness (QED) is 0.867. The van der Waals surface area contributed by atoms with Gasteiger partial charge in [-0.2, -0.15) is 0 Å². The molecule has 1 N–H and O–H groups in total. The molecule has 1 aliphatic rings. The van der Waals surface area contributed by atoms with Crippen molar-refractivity contribution < 1.29 is 4.79 Å². The van der Waals surface area contributed by atoms with E-state index >= 15 is 0 Å². The highest BCUT2D eigenvalue weighted by molar-refractivity contribution is 7.09. The Labute approximate surface area is 144 Å². The summed E-state index contributed by atoms with van der Waals surface area (Å²) in [5, 5.41) is 6.14. The minimum Gasteiger partial charge on any atom is -0.336 e. The molecule has 0 spiro atoms. The summed E-state index contributed by atoms with van der Waals surface area (Å²) in [4.78, 5) is 20.9. The lowest BCUT2D eigenvalue weighted by Crippen LogP contribution is -2.48. The van der Waals surface area contributed by atoms with Gasteiger partial charge in [-0.15, -0.1) is 11.3 Å². The maximum atomic E-state index is 12.3. The van der Waals surface area contributed by atoms with Crippen molar-refractivity contribution in [3.63, 3.8) is 0 Å². The Hall–Kier alpha value is -1.14. The number of piperidine rings is 1. The number of aromatic nitrogens is 1. The Morgan fingerprint density at radius 1 is 1.57 bits per heavy atom. The lowest BCUT2D eigenvalue weighted by molar-refractivity contribution is 0.135. The average Bonchev–Trinajstić information content (AvgIpc) is 3.06. The Kier molecular flexibility index (Phi) is 6.84.